The van der Waals surface area contributed by atoms with Crippen molar-refractivity contribution in [1.29, 1.82) is 0 Å². The molecule has 2 rings (SSSR count). The summed E-state index contributed by atoms with van der Waals surface area (Å²) in [5.74, 6) is 0.945. The third-order valence-corrected chi connectivity index (χ3v) is 3.40. The van der Waals surface area contributed by atoms with Gasteiger partial charge in [0.2, 0.25) is 0 Å². The third-order valence-electron chi connectivity index (χ3n) is 2.90. The lowest BCUT2D eigenvalue weighted by Crippen LogP contribution is -2.12. The molecule has 3 N–H and O–H groups in total. The van der Waals surface area contributed by atoms with Crippen molar-refractivity contribution < 1.29 is 9.94 Å². The Morgan fingerprint density at radius 3 is 2.60 bits per heavy atom. The molecule has 0 amide bonds. The minimum absolute atomic E-state index is 0.0975. The van der Waals surface area contributed by atoms with Crippen LogP contribution >= 0.6 is 15.9 Å². The van der Waals surface area contributed by atoms with E-state index >= 15 is 0 Å². The van der Waals surface area contributed by atoms with Crippen LogP contribution in [0.3, 0.4) is 0 Å². The molecule has 0 heterocycles. The number of nitrogens with zero attached hydrogens (tertiary/aromatic N) is 1. The summed E-state index contributed by atoms with van der Waals surface area (Å²) in [6.45, 7) is 2.47. The Balaban J connectivity index is 2.06. The predicted octanol–water partition coefficient (Wildman–Crippen LogP) is 3.43. The molecule has 0 aromatic heterocycles. The monoisotopic (exact) mass is 334 g/mol. The molecular formula is C15H15BrN2O2. The van der Waals surface area contributed by atoms with Crippen LogP contribution in [-0.4, -0.2) is 11.0 Å². The molecule has 20 heavy (non-hydrogen) atoms. The van der Waals surface area contributed by atoms with Crippen molar-refractivity contribution in [2.75, 3.05) is 0 Å². The van der Waals surface area contributed by atoms with Gasteiger partial charge in [-0.15, -0.1) is 0 Å². The van der Waals surface area contributed by atoms with Crippen molar-refractivity contribution in [3.05, 3.63) is 63.6 Å². The maximum Gasteiger partial charge on any atom is 0.170 e. The van der Waals surface area contributed by atoms with Gasteiger partial charge in [0.1, 0.15) is 12.4 Å². The van der Waals surface area contributed by atoms with Crippen LogP contribution in [0.15, 0.2) is 52.1 Å². The van der Waals surface area contributed by atoms with Crippen molar-refractivity contribution in [2.24, 2.45) is 10.9 Å². The smallest absolute Gasteiger partial charge is 0.170 e. The summed E-state index contributed by atoms with van der Waals surface area (Å²) in [6.07, 6.45) is 0. The first-order chi connectivity index (χ1) is 9.60. The van der Waals surface area contributed by atoms with Gasteiger partial charge in [-0.25, -0.2) is 0 Å². The zero-order chi connectivity index (χ0) is 14.5. The molecule has 0 radical (unpaired) electrons. The van der Waals surface area contributed by atoms with Gasteiger partial charge in [0.25, 0.3) is 0 Å². The van der Waals surface area contributed by atoms with E-state index < -0.39 is 0 Å². The van der Waals surface area contributed by atoms with Crippen LogP contribution in [0.1, 0.15) is 16.7 Å². The van der Waals surface area contributed by atoms with Gasteiger partial charge in [0.15, 0.2) is 5.84 Å². The van der Waals surface area contributed by atoms with Crippen LogP contribution in [0.5, 0.6) is 5.75 Å². The average molecular weight is 335 g/mol. The average Bonchev–Trinajstić information content (AvgIpc) is 2.48. The molecule has 0 saturated heterocycles. The van der Waals surface area contributed by atoms with Crippen LogP contribution in [0.25, 0.3) is 0 Å². The Bertz CT molecular complexity index is 624. The fourth-order valence-electron chi connectivity index (χ4n) is 1.72. The van der Waals surface area contributed by atoms with Gasteiger partial charge < -0.3 is 15.7 Å². The molecule has 0 saturated carbocycles. The van der Waals surface area contributed by atoms with E-state index in [1.165, 1.54) is 0 Å². The summed E-state index contributed by atoms with van der Waals surface area (Å²) in [5, 5.41) is 11.6. The minimum Gasteiger partial charge on any atom is -0.489 e. The van der Waals surface area contributed by atoms with Crippen LogP contribution < -0.4 is 10.5 Å². The molecule has 0 bridgehead atoms. The lowest BCUT2D eigenvalue weighted by atomic mass is 10.1. The number of oxime groups is 1. The van der Waals surface area contributed by atoms with Crippen molar-refractivity contribution >= 4 is 21.8 Å². The zero-order valence-corrected chi connectivity index (χ0v) is 12.6. The molecule has 4 nitrogen and oxygen atoms in total. The van der Waals surface area contributed by atoms with Crippen LogP contribution in [0.2, 0.25) is 0 Å². The Morgan fingerprint density at radius 1 is 1.25 bits per heavy atom. The molecule has 2 aromatic rings. The van der Waals surface area contributed by atoms with Gasteiger partial charge in [-0.2, -0.15) is 0 Å². The van der Waals surface area contributed by atoms with Gasteiger partial charge in [-0.1, -0.05) is 51.4 Å². The Labute approximate surface area is 126 Å². The standard InChI is InChI=1S/C15H15BrN2O2/c1-10-2-7-13(16)8-14(10)20-9-11-3-5-12(6-4-11)15(17)18-19/h2-8,19H,9H2,1H3,(H2,17,18). The van der Waals surface area contributed by atoms with Gasteiger partial charge in [0.05, 0.1) is 0 Å². The van der Waals surface area contributed by atoms with Crippen LogP contribution in [-0.2, 0) is 6.61 Å². The van der Waals surface area contributed by atoms with E-state index in [1.54, 1.807) is 12.1 Å². The molecule has 0 aliphatic carbocycles. The van der Waals surface area contributed by atoms with E-state index in [9.17, 15) is 0 Å². The quantitative estimate of drug-likeness (QED) is 0.389. The topological polar surface area (TPSA) is 67.8 Å². The summed E-state index contributed by atoms with van der Waals surface area (Å²) in [4.78, 5) is 0. The normalized spacial score (nSPS) is 11.4. The largest absolute Gasteiger partial charge is 0.489 e. The third kappa shape index (κ3) is 3.51. The second kappa shape index (κ2) is 6.43. The van der Waals surface area contributed by atoms with Gasteiger partial charge in [0, 0.05) is 10.0 Å². The number of hydrogen-bond donors (Lipinski definition) is 2. The summed E-state index contributed by atoms with van der Waals surface area (Å²) in [6, 6.07) is 13.3. The number of ether oxygens (including phenoxy) is 1. The van der Waals surface area contributed by atoms with Crippen LogP contribution in [0.4, 0.5) is 0 Å². The number of nitrogens with two attached hydrogens (primary N) is 1. The number of amidine groups is 1. The number of hydrogen-bond acceptors (Lipinski definition) is 3. The second-order valence-electron chi connectivity index (χ2n) is 4.38. The molecule has 0 atom stereocenters. The maximum atomic E-state index is 8.60. The predicted molar refractivity (Wildman–Crippen MR) is 82.2 cm³/mol. The van der Waals surface area contributed by atoms with Gasteiger partial charge in [-0.05, 0) is 30.2 Å². The highest BCUT2D eigenvalue weighted by atomic mass is 79.9. The Hall–Kier alpha value is -2.01. The van der Waals surface area contributed by atoms with E-state index in [2.05, 4.69) is 21.1 Å². The first-order valence-electron chi connectivity index (χ1n) is 6.06. The summed E-state index contributed by atoms with van der Waals surface area (Å²) < 4.78 is 6.78. The molecular weight excluding hydrogens is 320 g/mol. The van der Waals surface area contributed by atoms with Crippen molar-refractivity contribution in [2.45, 2.75) is 13.5 Å². The number of halogens is 1. The van der Waals surface area contributed by atoms with Crippen molar-refractivity contribution in [3.63, 3.8) is 0 Å². The van der Waals surface area contributed by atoms with E-state index in [-0.39, 0.29) is 5.84 Å². The number of rotatable bonds is 4. The molecule has 104 valence electrons. The van der Waals surface area contributed by atoms with E-state index in [1.807, 2.05) is 37.3 Å². The molecule has 0 fully saturated rings. The highest BCUT2D eigenvalue weighted by Crippen LogP contribution is 2.23. The zero-order valence-electron chi connectivity index (χ0n) is 11.0. The summed E-state index contributed by atoms with van der Waals surface area (Å²) in [5.41, 5.74) is 8.28. The Kier molecular flexibility index (Phi) is 4.63. The fourth-order valence-corrected chi connectivity index (χ4v) is 2.06. The number of benzene rings is 2. The van der Waals surface area contributed by atoms with Crippen LogP contribution in [0, 0.1) is 6.92 Å². The minimum atomic E-state index is 0.0975. The second-order valence-corrected chi connectivity index (χ2v) is 5.30. The highest BCUT2D eigenvalue weighted by Gasteiger charge is 2.03. The van der Waals surface area contributed by atoms with Crippen molar-refractivity contribution in [3.8, 4) is 5.75 Å². The molecule has 0 spiro atoms. The van der Waals surface area contributed by atoms with E-state index in [0.29, 0.717) is 12.2 Å². The molecule has 0 unspecified atom stereocenters. The van der Waals surface area contributed by atoms with Gasteiger partial charge in [-0.3, -0.25) is 0 Å². The fraction of sp³-hybridized carbons (Fsp3) is 0.133. The number of aryl methyl sites for hydroxylation is 1. The highest BCUT2D eigenvalue weighted by molar-refractivity contribution is 9.10. The first kappa shape index (κ1) is 14.4. The SMILES string of the molecule is Cc1ccc(Br)cc1OCc1ccc(/C(N)=N/O)cc1. The lowest BCUT2D eigenvalue weighted by Gasteiger charge is -2.10. The van der Waals surface area contributed by atoms with E-state index in [0.717, 1.165) is 21.3 Å². The first-order valence-corrected chi connectivity index (χ1v) is 6.85. The molecule has 0 aliphatic rings. The van der Waals surface area contributed by atoms with E-state index in [4.69, 9.17) is 15.7 Å². The van der Waals surface area contributed by atoms with Crippen molar-refractivity contribution in [1.82, 2.24) is 0 Å². The lowest BCUT2D eigenvalue weighted by molar-refractivity contribution is 0.304. The molecule has 5 heteroatoms. The molecule has 2 aromatic carbocycles. The summed E-state index contributed by atoms with van der Waals surface area (Å²) in [7, 11) is 0. The molecule has 0 aliphatic heterocycles. The Morgan fingerprint density at radius 2 is 1.95 bits per heavy atom. The van der Waals surface area contributed by atoms with Gasteiger partial charge >= 0.3 is 0 Å². The summed E-state index contributed by atoms with van der Waals surface area (Å²) >= 11 is 3.43. The maximum absolute atomic E-state index is 8.60.